The van der Waals surface area contributed by atoms with Crippen molar-refractivity contribution in [2.75, 3.05) is 12.8 Å². The van der Waals surface area contributed by atoms with E-state index in [9.17, 15) is 32.1 Å². The highest BCUT2D eigenvalue weighted by Gasteiger charge is 2.55. The van der Waals surface area contributed by atoms with Gasteiger partial charge >= 0.3 is 22.2 Å². The molecular formula is C15H19N5O10S2. The Morgan fingerprint density at radius 2 is 2.03 bits per heavy atom. The van der Waals surface area contributed by atoms with Crippen LogP contribution in [0.25, 0.3) is 0 Å². The van der Waals surface area contributed by atoms with Gasteiger partial charge in [-0.3, -0.25) is 18.9 Å². The lowest BCUT2D eigenvalue weighted by molar-refractivity contribution is -0.161. The van der Waals surface area contributed by atoms with Gasteiger partial charge in [0.25, 0.3) is 11.8 Å². The molecule has 1 aromatic rings. The standard InChI is InChI=1S/C15H19N5O10S2/c1-15(2,13(24)25)30-19-9(6-5-31-14(16)17-6)11(22)18-10-7(4-8(21)29-3)20(12(10)23)32(26,27)28/h5,7,10H,4H2,1-3H3,(H2,16,17)(H,18,22)(H,24,25)(H,26,27,28)/t7-,10-/m0/s1. The van der Waals surface area contributed by atoms with Gasteiger partial charge in [0.1, 0.15) is 11.7 Å². The van der Waals surface area contributed by atoms with Gasteiger partial charge in [-0.15, -0.1) is 11.3 Å². The van der Waals surface area contributed by atoms with Crippen molar-refractivity contribution in [1.29, 1.82) is 0 Å². The molecule has 17 heteroatoms. The highest BCUT2D eigenvalue weighted by Crippen LogP contribution is 2.27. The van der Waals surface area contributed by atoms with Gasteiger partial charge < -0.3 is 25.7 Å². The fourth-order valence-corrected chi connectivity index (χ4v) is 3.85. The number of aromatic nitrogens is 1. The van der Waals surface area contributed by atoms with Gasteiger partial charge in [0, 0.05) is 5.38 Å². The Labute approximate surface area is 185 Å². The van der Waals surface area contributed by atoms with Gasteiger partial charge in [0.2, 0.25) is 5.60 Å². The highest BCUT2D eigenvalue weighted by atomic mass is 32.2. The van der Waals surface area contributed by atoms with E-state index in [4.69, 9.17) is 15.7 Å². The van der Waals surface area contributed by atoms with Crippen molar-refractivity contribution in [2.45, 2.75) is 38.0 Å². The number of carbonyl (C=O) groups is 4. The number of carboxylic acids is 1. The van der Waals surface area contributed by atoms with Gasteiger partial charge in [-0.25, -0.2) is 14.1 Å². The molecule has 0 radical (unpaired) electrons. The summed E-state index contributed by atoms with van der Waals surface area (Å²) in [4.78, 5) is 56.6. The number of nitrogens with one attached hydrogen (secondary N) is 1. The largest absolute Gasteiger partial charge is 0.478 e. The second-order valence-electron chi connectivity index (χ2n) is 6.83. The van der Waals surface area contributed by atoms with Crippen LogP contribution in [-0.4, -0.2) is 81.6 Å². The van der Waals surface area contributed by atoms with Crippen molar-refractivity contribution in [3.63, 3.8) is 0 Å². The summed E-state index contributed by atoms with van der Waals surface area (Å²) < 4.78 is 36.6. The van der Waals surface area contributed by atoms with Gasteiger partial charge in [-0.05, 0) is 13.8 Å². The molecule has 0 spiro atoms. The normalized spacial score (nSPS) is 19.2. The molecule has 1 saturated heterocycles. The maximum atomic E-state index is 12.8. The molecule has 0 saturated carbocycles. The zero-order chi connectivity index (χ0) is 24.4. The van der Waals surface area contributed by atoms with Crippen molar-refractivity contribution in [3.8, 4) is 0 Å². The highest BCUT2D eigenvalue weighted by molar-refractivity contribution is 7.84. The van der Waals surface area contributed by atoms with E-state index in [1.807, 2.05) is 0 Å². The number of anilines is 1. The monoisotopic (exact) mass is 493 g/mol. The summed E-state index contributed by atoms with van der Waals surface area (Å²) >= 11 is 0.930. The van der Waals surface area contributed by atoms with Gasteiger partial charge in [-0.1, -0.05) is 5.16 Å². The predicted octanol–water partition coefficient (Wildman–Crippen LogP) is -1.63. The van der Waals surface area contributed by atoms with Crippen LogP contribution in [0.3, 0.4) is 0 Å². The first kappa shape index (κ1) is 25.0. The second-order valence-corrected chi connectivity index (χ2v) is 9.01. The van der Waals surface area contributed by atoms with Crippen LogP contribution < -0.4 is 11.1 Å². The number of nitrogens with zero attached hydrogens (tertiary/aromatic N) is 3. The Morgan fingerprint density at radius 1 is 1.41 bits per heavy atom. The number of aliphatic carboxylic acids is 1. The van der Waals surface area contributed by atoms with Crippen molar-refractivity contribution < 1.29 is 46.8 Å². The summed E-state index contributed by atoms with van der Waals surface area (Å²) in [6.07, 6.45) is -0.661. The lowest BCUT2D eigenvalue weighted by atomic mass is 9.95. The van der Waals surface area contributed by atoms with Crippen LogP contribution >= 0.6 is 11.3 Å². The Morgan fingerprint density at radius 3 is 2.50 bits per heavy atom. The molecule has 2 amide bonds. The number of hydrogen-bond acceptors (Lipinski definition) is 12. The van der Waals surface area contributed by atoms with Crippen molar-refractivity contribution in [2.24, 2.45) is 5.16 Å². The SMILES string of the molecule is COC(=O)C[C@H]1[C@H](NC(=O)C(=NOC(C)(C)C(=O)O)c2csc(N)n2)C(=O)N1S(=O)(=O)O. The molecule has 1 aliphatic heterocycles. The van der Waals surface area contributed by atoms with E-state index >= 15 is 0 Å². The number of carboxylic acid groups (broad SMARTS) is 1. The summed E-state index contributed by atoms with van der Waals surface area (Å²) in [5.41, 5.74) is 3.02. The summed E-state index contributed by atoms with van der Waals surface area (Å²) in [5, 5.41) is 16.2. The Kier molecular flexibility index (Phi) is 7.06. The van der Waals surface area contributed by atoms with Crippen molar-refractivity contribution in [1.82, 2.24) is 14.6 Å². The Hall–Kier alpha value is -3.31. The minimum atomic E-state index is -5.02. The lowest BCUT2D eigenvalue weighted by Crippen LogP contribution is -2.72. The van der Waals surface area contributed by atoms with Gasteiger partial charge in [0.15, 0.2) is 10.8 Å². The van der Waals surface area contributed by atoms with E-state index in [2.05, 4.69) is 20.2 Å². The molecule has 2 heterocycles. The molecule has 2 atom stereocenters. The van der Waals surface area contributed by atoms with Crippen LogP contribution in [0.2, 0.25) is 0 Å². The topological polar surface area (TPSA) is 228 Å². The number of amides is 2. The van der Waals surface area contributed by atoms with E-state index in [1.54, 1.807) is 0 Å². The first-order valence-corrected chi connectivity index (χ1v) is 10.9. The number of rotatable bonds is 9. The lowest BCUT2D eigenvalue weighted by Gasteiger charge is -2.43. The average Bonchev–Trinajstić information content (AvgIpc) is 3.10. The molecule has 0 aromatic carbocycles. The van der Waals surface area contributed by atoms with Gasteiger partial charge in [0.05, 0.1) is 19.6 Å². The smallest absolute Gasteiger partial charge is 0.362 e. The van der Waals surface area contributed by atoms with Crippen LogP contribution in [0, 0.1) is 0 Å². The molecule has 176 valence electrons. The molecule has 15 nitrogen and oxygen atoms in total. The maximum absolute atomic E-state index is 12.8. The first-order chi connectivity index (χ1) is 14.7. The Bertz CT molecular complexity index is 1080. The number of ether oxygens (including phenoxy) is 1. The van der Waals surface area contributed by atoms with Crippen LogP contribution in [0.5, 0.6) is 0 Å². The molecule has 1 aromatic heterocycles. The molecule has 5 N–H and O–H groups in total. The number of β-lactam (4-membered cyclic amide) rings is 1. The number of hydrogen-bond donors (Lipinski definition) is 4. The van der Waals surface area contributed by atoms with E-state index in [-0.39, 0.29) is 15.1 Å². The summed E-state index contributed by atoms with van der Waals surface area (Å²) in [5.74, 6) is -4.64. The fourth-order valence-electron chi connectivity index (χ4n) is 2.43. The molecule has 1 fully saturated rings. The number of oxime groups is 1. The molecule has 0 aliphatic carbocycles. The number of esters is 1. The summed E-state index contributed by atoms with van der Waals surface area (Å²) in [6.45, 7) is 2.32. The zero-order valence-corrected chi connectivity index (χ0v) is 18.5. The third-order valence-electron chi connectivity index (χ3n) is 4.17. The Balaban J connectivity index is 2.34. The minimum absolute atomic E-state index is 0.0244. The second kappa shape index (κ2) is 9.05. The van der Waals surface area contributed by atoms with Crippen LogP contribution in [0.15, 0.2) is 10.5 Å². The molecule has 32 heavy (non-hydrogen) atoms. The molecule has 2 rings (SSSR count). The molecule has 1 aliphatic rings. The summed E-state index contributed by atoms with van der Waals surface area (Å²) in [6, 6.07) is -3.04. The number of nitrogens with two attached hydrogens (primary N) is 1. The quantitative estimate of drug-likeness (QED) is 0.0999. The third kappa shape index (κ3) is 5.29. The van der Waals surface area contributed by atoms with Crippen LogP contribution in [-0.2, 0) is 39.1 Å². The number of carbonyl (C=O) groups excluding carboxylic acids is 3. The maximum Gasteiger partial charge on any atom is 0.362 e. The number of thiazole rings is 1. The molecular weight excluding hydrogens is 474 g/mol. The van der Waals surface area contributed by atoms with E-state index < -0.39 is 63.9 Å². The fraction of sp³-hybridized carbons (Fsp3) is 0.467. The number of methoxy groups -OCH3 is 1. The van der Waals surface area contributed by atoms with Gasteiger partial charge in [-0.2, -0.15) is 8.42 Å². The zero-order valence-electron chi connectivity index (χ0n) is 16.8. The van der Waals surface area contributed by atoms with Crippen LogP contribution in [0.4, 0.5) is 5.13 Å². The van der Waals surface area contributed by atoms with E-state index in [0.717, 1.165) is 32.3 Å². The molecule has 0 bridgehead atoms. The molecule has 0 unspecified atom stereocenters. The summed E-state index contributed by atoms with van der Waals surface area (Å²) in [7, 11) is -4.00. The van der Waals surface area contributed by atoms with Crippen molar-refractivity contribution >= 4 is 56.2 Å². The average molecular weight is 493 g/mol. The first-order valence-electron chi connectivity index (χ1n) is 8.58. The minimum Gasteiger partial charge on any atom is -0.478 e. The van der Waals surface area contributed by atoms with E-state index in [1.165, 1.54) is 5.38 Å². The van der Waals surface area contributed by atoms with E-state index in [0.29, 0.717) is 0 Å². The predicted molar refractivity (Wildman–Crippen MR) is 107 cm³/mol. The van der Waals surface area contributed by atoms with Crippen molar-refractivity contribution in [3.05, 3.63) is 11.1 Å². The van der Waals surface area contributed by atoms with Crippen LogP contribution in [0.1, 0.15) is 26.0 Å². The number of nitrogen functional groups attached to an aromatic ring is 1. The third-order valence-corrected chi connectivity index (χ3v) is 5.79.